The van der Waals surface area contributed by atoms with Crippen LogP contribution in [0.25, 0.3) is 0 Å². The third-order valence-corrected chi connectivity index (χ3v) is 0. The molecule has 0 amide bonds. The van der Waals surface area contributed by atoms with Crippen molar-refractivity contribution in [3.63, 3.8) is 0 Å². The summed E-state index contributed by atoms with van der Waals surface area (Å²) in [5.74, 6) is 0. The Kier molecular flexibility index (Phi) is 13.0. The topological polar surface area (TPSA) is 57.5 Å². The van der Waals surface area contributed by atoms with Crippen LogP contribution in [0.3, 0.4) is 0 Å². The fraction of sp³-hybridized carbons (Fsp3) is 0. The molecule has 3 nitrogen and oxygen atoms in total. The van der Waals surface area contributed by atoms with Crippen LogP contribution in [0.4, 0.5) is 4.20 Å². The van der Waals surface area contributed by atoms with Crippen molar-refractivity contribution in [3.8, 4) is 0 Å². The molecule has 0 saturated heterocycles. The molecule has 7 heteroatoms. The van der Waals surface area contributed by atoms with Gasteiger partial charge >= 0.3 is 37.5 Å². The van der Waals surface area contributed by atoms with E-state index in [2.05, 4.69) is 0 Å². The van der Waals surface area contributed by atoms with E-state index >= 15 is 0 Å². The summed E-state index contributed by atoms with van der Waals surface area (Å²) >= 11 is 0. The fourth-order valence-electron chi connectivity index (χ4n) is 0. The van der Waals surface area contributed by atoms with Gasteiger partial charge in [0, 0.05) is 0 Å². The summed E-state index contributed by atoms with van der Waals surface area (Å²) in [6.45, 7) is 0. The van der Waals surface area contributed by atoms with E-state index < -0.39 is 7.91 Å². The van der Waals surface area contributed by atoms with Gasteiger partial charge in [-0.3, -0.25) is 9.79 Å². The van der Waals surface area contributed by atoms with Gasteiger partial charge in [-0.05, 0) is 0 Å². The van der Waals surface area contributed by atoms with E-state index in [1.807, 2.05) is 0 Å². The molecular weight excluding hydrogens is 148 g/mol. The first-order valence-corrected chi connectivity index (χ1v) is 2.25. The Labute approximate surface area is 73.0 Å². The fourth-order valence-corrected chi connectivity index (χ4v) is 0. The molecule has 40 valence electrons. The normalized spacial score (nSPS) is 8.43. The molecular formula is H6AlFNaO3P. The number of halogens is 1. The summed E-state index contributed by atoms with van der Waals surface area (Å²) in [6, 6.07) is 0. The van der Waals surface area contributed by atoms with Crippen molar-refractivity contribution < 1.29 is 18.5 Å². The van der Waals surface area contributed by atoms with Crippen LogP contribution in [0.1, 0.15) is 0 Å². The predicted octanol–water partition coefficient (Wildman–Crippen LogP) is -1.78. The van der Waals surface area contributed by atoms with Gasteiger partial charge in [0.15, 0.2) is 17.4 Å². The van der Waals surface area contributed by atoms with Gasteiger partial charge in [0.1, 0.15) is 0 Å². The monoisotopic (exact) mass is 154 g/mol. The molecule has 0 spiro atoms. The molecule has 0 aliphatic heterocycles. The van der Waals surface area contributed by atoms with Crippen LogP contribution >= 0.6 is 7.91 Å². The van der Waals surface area contributed by atoms with Gasteiger partial charge in [-0.1, -0.05) is 0 Å². The molecule has 0 aromatic rings. The molecule has 0 fully saturated rings. The van der Waals surface area contributed by atoms with E-state index in [0.29, 0.717) is 0 Å². The minimum atomic E-state index is -5.14. The standard InChI is InChI=1S/Al.FH2O3P.Na.4H/c;1-5(2,3)4;;;;;/h;(H2,2,3,4);;;;;. The van der Waals surface area contributed by atoms with Crippen LogP contribution in [-0.4, -0.2) is 56.7 Å². The van der Waals surface area contributed by atoms with E-state index in [9.17, 15) is 4.20 Å². The van der Waals surface area contributed by atoms with Crippen molar-refractivity contribution in [2.45, 2.75) is 0 Å². The molecule has 0 aliphatic rings. The van der Waals surface area contributed by atoms with Gasteiger partial charge in [0.25, 0.3) is 0 Å². The van der Waals surface area contributed by atoms with E-state index in [4.69, 9.17) is 14.4 Å². The second-order valence-corrected chi connectivity index (χ2v) is 1.42. The summed E-state index contributed by atoms with van der Waals surface area (Å²) in [5.41, 5.74) is 0. The van der Waals surface area contributed by atoms with E-state index in [0.717, 1.165) is 0 Å². The van der Waals surface area contributed by atoms with Crippen molar-refractivity contribution in [2.75, 3.05) is 0 Å². The number of hydrogen-bond donors (Lipinski definition) is 2. The van der Waals surface area contributed by atoms with Crippen LogP contribution in [0.15, 0.2) is 0 Å². The molecule has 0 aromatic heterocycles. The maximum absolute atomic E-state index is 10.4. The van der Waals surface area contributed by atoms with Gasteiger partial charge in [-0.2, -0.15) is 0 Å². The molecule has 7 heavy (non-hydrogen) atoms. The first-order chi connectivity index (χ1) is 2.00. The van der Waals surface area contributed by atoms with Gasteiger partial charge in [0.05, 0.1) is 0 Å². The van der Waals surface area contributed by atoms with Crippen molar-refractivity contribution in [2.24, 2.45) is 0 Å². The maximum atomic E-state index is 10.4. The summed E-state index contributed by atoms with van der Waals surface area (Å²) in [5, 5.41) is 0. The summed E-state index contributed by atoms with van der Waals surface area (Å²) in [4.78, 5) is 13.9. The van der Waals surface area contributed by atoms with Crippen LogP contribution in [0, 0.1) is 0 Å². The second kappa shape index (κ2) is 5.74. The molecule has 0 aromatic carbocycles. The zero-order chi connectivity index (χ0) is 4.50. The third kappa shape index (κ3) is 92.2. The molecule has 0 unspecified atom stereocenters. The van der Waals surface area contributed by atoms with Gasteiger partial charge in [-0.15, -0.1) is 4.20 Å². The Hall–Kier alpha value is 1.61. The average Bonchev–Trinajstić information content (AvgIpc) is 0.722. The molecule has 0 radical (unpaired) electrons. The quantitative estimate of drug-likeness (QED) is 0.320. The van der Waals surface area contributed by atoms with Crippen molar-refractivity contribution in [3.05, 3.63) is 0 Å². The second-order valence-electron chi connectivity index (χ2n) is 0.473. The van der Waals surface area contributed by atoms with E-state index in [1.165, 1.54) is 0 Å². The Balaban J connectivity index is -0.0000000800. The molecule has 0 aliphatic carbocycles. The van der Waals surface area contributed by atoms with Gasteiger partial charge in [-0.25, -0.2) is 4.57 Å². The van der Waals surface area contributed by atoms with E-state index in [1.54, 1.807) is 0 Å². The zero-order valence-electron chi connectivity index (χ0n) is 2.13. The first kappa shape index (κ1) is 15.8. The minimum absolute atomic E-state index is 0. The predicted molar refractivity (Wildman–Crippen MR) is 30.2 cm³/mol. The summed E-state index contributed by atoms with van der Waals surface area (Å²) < 4.78 is 19.0. The van der Waals surface area contributed by atoms with Crippen molar-refractivity contribution in [1.29, 1.82) is 0 Å². The first-order valence-electron chi connectivity index (χ1n) is 0.752. The molecule has 0 saturated carbocycles. The molecule has 0 bridgehead atoms. The van der Waals surface area contributed by atoms with Crippen LogP contribution in [-0.2, 0) is 4.57 Å². The Bertz CT molecular complexity index is 61.1. The molecule has 2 N–H and O–H groups in total. The zero-order valence-corrected chi connectivity index (χ0v) is 3.02. The van der Waals surface area contributed by atoms with E-state index in [-0.39, 0.29) is 46.9 Å². The molecule has 0 heterocycles. The summed E-state index contributed by atoms with van der Waals surface area (Å²) in [7, 11) is -5.14. The Morgan fingerprint density at radius 1 is 1.43 bits per heavy atom. The summed E-state index contributed by atoms with van der Waals surface area (Å²) in [6.07, 6.45) is 0. The van der Waals surface area contributed by atoms with Gasteiger partial charge in [0.2, 0.25) is 0 Å². The van der Waals surface area contributed by atoms with Crippen molar-refractivity contribution >= 4 is 54.8 Å². The molecule has 0 rings (SSSR count). The van der Waals surface area contributed by atoms with Crippen LogP contribution in [0.2, 0.25) is 0 Å². The van der Waals surface area contributed by atoms with Gasteiger partial charge < -0.3 is 0 Å². The SMILES string of the molecule is O=P(O)(O)F.[AlH3].[NaH]. The molecule has 0 atom stereocenters. The number of hydrogen-bond acceptors (Lipinski definition) is 1. The Morgan fingerprint density at radius 2 is 1.43 bits per heavy atom. The van der Waals surface area contributed by atoms with Crippen LogP contribution in [0.5, 0.6) is 0 Å². The average molecular weight is 154 g/mol. The van der Waals surface area contributed by atoms with Crippen LogP contribution < -0.4 is 0 Å². The number of rotatable bonds is 0. The van der Waals surface area contributed by atoms with Crippen molar-refractivity contribution in [1.82, 2.24) is 0 Å². The Morgan fingerprint density at radius 3 is 1.43 bits per heavy atom. The third-order valence-electron chi connectivity index (χ3n) is 0.